The van der Waals surface area contributed by atoms with E-state index < -0.39 is 104 Å². The Morgan fingerprint density at radius 1 is 0.667 bits per heavy atom. The number of nitrogens with two attached hydrogens (primary N) is 6. The molecule has 4 unspecified atom stereocenters. The van der Waals surface area contributed by atoms with Crippen LogP contribution in [-0.2, 0) is 49.1 Å². The van der Waals surface area contributed by atoms with Crippen LogP contribution in [-0.4, -0.2) is 141 Å². The first-order chi connectivity index (χ1) is 36.9. The number of amides is 6. The van der Waals surface area contributed by atoms with Gasteiger partial charge in [-0.2, -0.15) is 0 Å². The van der Waals surface area contributed by atoms with Crippen molar-refractivity contribution in [2.24, 2.45) is 50.3 Å². The molecule has 78 heavy (non-hydrogen) atoms. The number of ketones is 1. The van der Waals surface area contributed by atoms with Crippen LogP contribution in [0.2, 0.25) is 0 Å². The van der Waals surface area contributed by atoms with Crippen molar-refractivity contribution in [2.45, 2.75) is 158 Å². The summed E-state index contributed by atoms with van der Waals surface area (Å²) in [5, 5.41) is 30.8. The Hall–Kier alpha value is -7.22. The molecule has 2 aromatic rings. The second kappa shape index (κ2) is 31.2. The summed E-state index contributed by atoms with van der Waals surface area (Å²) in [6, 6.07) is 4.21. The molecule has 2 saturated heterocycles. The third-order valence-corrected chi connectivity index (χ3v) is 14.0. The monoisotopic (exact) mass is 1110 g/mol. The van der Waals surface area contributed by atoms with Gasteiger partial charge in [0.2, 0.25) is 35.4 Å². The van der Waals surface area contributed by atoms with Gasteiger partial charge in [-0.25, -0.2) is 4.57 Å². The van der Waals surface area contributed by atoms with E-state index in [9.17, 15) is 47.9 Å². The van der Waals surface area contributed by atoms with Gasteiger partial charge < -0.3 is 75.7 Å². The molecular weight excluding hydrogens is 1030 g/mol. The Morgan fingerprint density at radius 2 is 1.19 bits per heavy atom. The molecule has 0 aliphatic carbocycles. The SMILES string of the molecule is CC(OP(=O)(O)O)[C@H]1NC(=O)C(CCCCC(=N)N)NC(=O)[C@@H](CCCCC(=N)N)CC(=O)[C@H](CCCN=C(N)N)NC(=O)[C@H](CCCN=C(N)N)NC(=O)C(Cc2ccc3ccccc3c2)NC(=O)C2CCCCN2C1=O. The number of rotatable bonds is 23. The first-order valence-corrected chi connectivity index (χ1v) is 27.8. The highest BCUT2D eigenvalue weighted by atomic mass is 31.2. The number of benzene rings is 2. The molecule has 4 rings (SSSR count). The summed E-state index contributed by atoms with van der Waals surface area (Å²) in [5.74, 6) is -7.63. The van der Waals surface area contributed by atoms with Crippen LogP contribution in [0.1, 0.15) is 115 Å². The van der Waals surface area contributed by atoms with Gasteiger partial charge >= 0.3 is 7.82 Å². The van der Waals surface area contributed by atoms with Gasteiger partial charge in [0.15, 0.2) is 17.7 Å². The Bertz CT molecular complexity index is 2550. The fourth-order valence-electron chi connectivity index (χ4n) is 9.41. The predicted octanol–water partition coefficient (Wildman–Crippen LogP) is -0.626. The number of amidine groups is 2. The summed E-state index contributed by atoms with van der Waals surface area (Å²) in [6.45, 7) is 1.17. The minimum atomic E-state index is -5.35. The van der Waals surface area contributed by atoms with Gasteiger partial charge in [-0.15, -0.1) is 0 Å². The van der Waals surface area contributed by atoms with Crippen LogP contribution in [0.15, 0.2) is 52.4 Å². The highest BCUT2D eigenvalue weighted by molar-refractivity contribution is 7.46. The number of carbonyl (C=O) groups excluding carboxylic acids is 7. The van der Waals surface area contributed by atoms with E-state index >= 15 is 0 Å². The lowest BCUT2D eigenvalue weighted by molar-refractivity contribution is -0.148. The number of nitrogens with one attached hydrogen (secondary N) is 7. The third-order valence-electron chi connectivity index (χ3n) is 13.4. The zero-order valence-corrected chi connectivity index (χ0v) is 45.0. The number of phosphoric ester groups is 1. The molecule has 0 saturated carbocycles. The van der Waals surface area contributed by atoms with Crippen LogP contribution in [0, 0.1) is 16.7 Å². The number of hydrogen-bond donors (Lipinski definition) is 15. The molecule has 0 bridgehead atoms. The van der Waals surface area contributed by atoms with Gasteiger partial charge in [0.1, 0.15) is 30.2 Å². The number of Topliss-reactive ketones (excluding diaryl/α,β-unsaturated/α-hetero) is 1. The Kier molecular flexibility index (Phi) is 25.4. The number of carbonyl (C=O) groups is 7. The number of guanidine groups is 2. The van der Waals surface area contributed by atoms with E-state index in [1.54, 1.807) is 6.07 Å². The van der Waals surface area contributed by atoms with E-state index in [-0.39, 0.29) is 120 Å². The first kappa shape index (κ1) is 63.3. The predicted molar refractivity (Wildman–Crippen MR) is 293 cm³/mol. The van der Waals surface area contributed by atoms with Crippen molar-refractivity contribution in [3.8, 4) is 0 Å². The summed E-state index contributed by atoms with van der Waals surface area (Å²) in [5.41, 5.74) is 34.2. The molecule has 6 amide bonds. The van der Waals surface area contributed by atoms with Gasteiger partial charge in [0.25, 0.3) is 0 Å². The fraction of sp³-hybridized carbons (Fsp3) is 0.580. The van der Waals surface area contributed by atoms with Crippen LogP contribution in [0.5, 0.6) is 0 Å². The quantitative estimate of drug-likeness (QED) is 0.0285. The average molecular weight is 1110 g/mol. The van der Waals surface area contributed by atoms with Gasteiger partial charge in [0.05, 0.1) is 23.8 Å². The number of phosphoric acid groups is 1. The number of nitrogens with zero attached hydrogens (tertiary/aromatic N) is 3. The minimum Gasteiger partial charge on any atom is -0.388 e. The van der Waals surface area contributed by atoms with Crippen molar-refractivity contribution in [3.05, 3.63) is 48.0 Å². The van der Waals surface area contributed by atoms with Crippen LogP contribution >= 0.6 is 7.82 Å². The van der Waals surface area contributed by atoms with E-state index in [0.29, 0.717) is 31.2 Å². The summed E-state index contributed by atoms with van der Waals surface area (Å²) < 4.78 is 17.3. The lowest BCUT2D eigenvalue weighted by Gasteiger charge is -2.39. The van der Waals surface area contributed by atoms with Gasteiger partial charge in [-0.1, -0.05) is 55.3 Å². The normalized spacial score (nSPS) is 22.8. The summed E-state index contributed by atoms with van der Waals surface area (Å²) in [6.07, 6.45) is 0.0823. The largest absolute Gasteiger partial charge is 0.469 e. The number of aliphatic imine (C=N–C) groups is 2. The summed E-state index contributed by atoms with van der Waals surface area (Å²) in [4.78, 5) is 132. The van der Waals surface area contributed by atoms with Crippen LogP contribution in [0.4, 0.5) is 0 Å². The second-order valence-corrected chi connectivity index (χ2v) is 21.0. The van der Waals surface area contributed by atoms with Crippen molar-refractivity contribution < 1.29 is 52.4 Å². The van der Waals surface area contributed by atoms with Gasteiger partial charge in [-0.05, 0) is 93.9 Å². The van der Waals surface area contributed by atoms with Crippen LogP contribution in [0.25, 0.3) is 10.8 Å². The lowest BCUT2D eigenvalue weighted by atomic mass is 9.90. The molecule has 2 fully saturated rings. The maximum Gasteiger partial charge on any atom is 0.469 e. The maximum atomic E-state index is 14.9. The van der Waals surface area contributed by atoms with Crippen molar-refractivity contribution >= 4 is 83.4 Å². The van der Waals surface area contributed by atoms with E-state index in [2.05, 4.69) is 36.6 Å². The molecule has 21 N–H and O–H groups in total. The molecule has 430 valence electrons. The number of fused-ring (bicyclic) bond motifs is 2. The first-order valence-electron chi connectivity index (χ1n) is 26.3. The molecule has 2 aliphatic heterocycles. The zero-order valence-electron chi connectivity index (χ0n) is 44.1. The zero-order chi connectivity index (χ0) is 57.5. The molecule has 0 spiro atoms. The molecular formula is C50H79N16O11P. The second-order valence-electron chi connectivity index (χ2n) is 19.8. The molecule has 27 nitrogen and oxygen atoms in total. The average Bonchev–Trinajstić information content (AvgIpc) is 3.39. The van der Waals surface area contributed by atoms with Crippen molar-refractivity contribution in [3.63, 3.8) is 0 Å². The fourth-order valence-corrected chi connectivity index (χ4v) is 9.96. The Labute approximate surface area is 453 Å². The van der Waals surface area contributed by atoms with E-state index in [0.717, 1.165) is 22.6 Å². The van der Waals surface area contributed by atoms with Crippen LogP contribution < -0.4 is 61.0 Å². The van der Waals surface area contributed by atoms with Crippen molar-refractivity contribution in [2.75, 3.05) is 19.6 Å². The Balaban J connectivity index is 1.92. The molecule has 2 heterocycles. The third kappa shape index (κ3) is 21.7. The van der Waals surface area contributed by atoms with Gasteiger partial charge in [-0.3, -0.25) is 58.9 Å². The molecule has 8 atom stereocenters. The van der Waals surface area contributed by atoms with Crippen molar-refractivity contribution in [1.82, 2.24) is 31.5 Å². The Morgan fingerprint density at radius 3 is 1.79 bits per heavy atom. The molecule has 0 radical (unpaired) electrons. The van der Waals surface area contributed by atoms with Gasteiger partial charge in [0, 0.05) is 51.2 Å². The molecule has 28 heteroatoms. The molecule has 2 aliphatic rings. The lowest BCUT2D eigenvalue weighted by Crippen LogP contribution is -2.63. The van der Waals surface area contributed by atoms with Crippen LogP contribution in [0.3, 0.4) is 0 Å². The maximum absolute atomic E-state index is 14.9. The molecule has 2 aromatic carbocycles. The number of hydrogen-bond acceptors (Lipinski definition) is 13. The summed E-state index contributed by atoms with van der Waals surface area (Å²) in [7, 11) is -5.35. The highest BCUT2D eigenvalue weighted by Gasteiger charge is 2.42. The topological polar surface area (TPSA) is 478 Å². The number of unbranched alkanes of at least 4 members (excludes halogenated alkanes) is 2. The minimum absolute atomic E-state index is 0.0336. The summed E-state index contributed by atoms with van der Waals surface area (Å²) >= 11 is 0. The number of piperidine rings is 1. The van der Waals surface area contributed by atoms with E-state index in [4.69, 9.17) is 49.7 Å². The highest BCUT2D eigenvalue weighted by Crippen LogP contribution is 2.38. The van der Waals surface area contributed by atoms with E-state index in [1.165, 1.54) is 0 Å². The smallest absolute Gasteiger partial charge is 0.388 e. The van der Waals surface area contributed by atoms with Crippen molar-refractivity contribution in [1.29, 1.82) is 10.8 Å². The standard InChI is InChI=1S/C50H79N16O11P/c1-29(77-78(74,75)76)42-48(73)66-25-9-8-18-38(66)47(72)64-37(27-30-21-22-31-12-2-3-13-32(31)26-30)46(71)63-36(17-11-24-60-50(57)58)44(69)61-34(16-10-23-59-49(55)56)39(67)28-33(14-4-6-19-40(51)52)43(68)62-35(45(70)65-42)15-5-7-20-41(53)54/h2-3,12-13,21-22,26,29,33-38,42H,4-11,14-20,23-25,27-28H2,1H3,(H3,51,52)(H3,53,54)(H,61,69)(H,62,68)(H,63,71)(H,64,72)(H,65,70)(H4,55,56,59)(H4,57,58,60)(H2,74,75,76)/t29?,33-,34-,35?,36-,37?,38?,42+/m0/s1. The molecule has 0 aromatic heterocycles. The van der Waals surface area contributed by atoms with E-state index in [1.807, 2.05) is 36.4 Å².